The van der Waals surface area contributed by atoms with Gasteiger partial charge >= 0.3 is 0 Å². The summed E-state index contributed by atoms with van der Waals surface area (Å²) < 4.78 is 14.2. The minimum atomic E-state index is -0.351. The number of amides is 2. The maximum absolute atomic E-state index is 14.2. The molecule has 1 aliphatic rings. The second-order valence-corrected chi connectivity index (χ2v) is 8.17. The summed E-state index contributed by atoms with van der Waals surface area (Å²) in [5.41, 5.74) is 2.55. The first-order chi connectivity index (χ1) is 14.5. The van der Waals surface area contributed by atoms with Gasteiger partial charge in [-0.25, -0.2) is 4.39 Å². The van der Waals surface area contributed by atoms with Gasteiger partial charge in [-0.15, -0.1) is 11.8 Å². The Kier molecular flexibility index (Phi) is 5.86. The van der Waals surface area contributed by atoms with E-state index in [-0.39, 0.29) is 36.0 Å². The van der Waals surface area contributed by atoms with Crippen molar-refractivity contribution in [2.24, 2.45) is 0 Å². The predicted molar refractivity (Wildman–Crippen MR) is 117 cm³/mol. The Morgan fingerprint density at radius 2 is 1.83 bits per heavy atom. The molecule has 2 amide bonds. The van der Waals surface area contributed by atoms with Crippen molar-refractivity contribution in [2.45, 2.75) is 24.4 Å². The lowest BCUT2D eigenvalue weighted by Gasteiger charge is -2.29. The molecular formula is C24H21FN2O2S. The Morgan fingerprint density at radius 1 is 1.10 bits per heavy atom. The number of carbonyl (C=O) groups is 2. The van der Waals surface area contributed by atoms with E-state index in [1.54, 1.807) is 35.2 Å². The van der Waals surface area contributed by atoms with Gasteiger partial charge in [-0.1, -0.05) is 48.5 Å². The van der Waals surface area contributed by atoms with E-state index < -0.39 is 0 Å². The Bertz CT molecular complexity index is 1090. The maximum Gasteiger partial charge on any atom is 0.251 e. The van der Waals surface area contributed by atoms with Gasteiger partial charge in [0.05, 0.1) is 24.0 Å². The molecule has 0 radical (unpaired) electrons. The molecule has 0 aromatic heterocycles. The molecule has 0 aliphatic carbocycles. The van der Waals surface area contributed by atoms with Crippen LogP contribution >= 0.6 is 11.8 Å². The van der Waals surface area contributed by atoms with E-state index >= 15 is 0 Å². The number of fused-ring (bicyclic) bond motifs is 1. The molecule has 3 aromatic rings. The molecule has 0 unspecified atom stereocenters. The molecule has 152 valence electrons. The Balaban J connectivity index is 1.59. The number of anilines is 1. The highest BCUT2D eigenvalue weighted by Gasteiger charge is 2.27. The number of nitrogens with one attached hydrogen (secondary N) is 1. The van der Waals surface area contributed by atoms with Gasteiger partial charge in [0.25, 0.3) is 5.91 Å². The highest BCUT2D eigenvalue weighted by molar-refractivity contribution is 8.00. The van der Waals surface area contributed by atoms with Crippen LogP contribution in [-0.2, 0) is 11.3 Å². The number of benzene rings is 3. The van der Waals surface area contributed by atoms with E-state index in [1.807, 2.05) is 43.3 Å². The highest BCUT2D eigenvalue weighted by atomic mass is 32.2. The molecule has 3 aromatic carbocycles. The molecule has 6 heteroatoms. The number of carbonyl (C=O) groups excluding carboxylic acids is 2. The minimum Gasteiger partial charge on any atom is -0.346 e. The number of hydrogen-bond acceptors (Lipinski definition) is 3. The zero-order chi connectivity index (χ0) is 21.1. The summed E-state index contributed by atoms with van der Waals surface area (Å²) in [7, 11) is 0. The first-order valence-corrected chi connectivity index (χ1v) is 10.7. The fourth-order valence-electron chi connectivity index (χ4n) is 3.42. The molecule has 0 fully saturated rings. The topological polar surface area (TPSA) is 49.4 Å². The van der Waals surface area contributed by atoms with Gasteiger partial charge in [-0.05, 0) is 36.8 Å². The van der Waals surface area contributed by atoms with Crippen LogP contribution in [0, 0.1) is 5.82 Å². The number of nitrogens with zero attached hydrogens (tertiary/aromatic N) is 1. The number of rotatable bonds is 5. The van der Waals surface area contributed by atoms with Crippen molar-refractivity contribution < 1.29 is 14.0 Å². The summed E-state index contributed by atoms with van der Waals surface area (Å²) in [5, 5.41) is 2.99. The van der Waals surface area contributed by atoms with Gasteiger partial charge in [-0.2, -0.15) is 0 Å². The molecule has 4 nitrogen and oxygen atoms in total. The smallest absolute Gasteiger partial charge is 0.251 e. The molecule has 4 rings (SSSR count). The van der Waals surface area contributed by atoms with Crippen molar-refractivity contribution in [2.75, 3.05) is 10.7 Å². The van der Waals surface area contributed by atoms with Gasteiger partial charge in [-0.3, -0.25) is 9.59 Å². The zero-order valence-corrected chi connectivity index (χ0v) is 17.3. The third-order valence-electron chi connectivity index (χ3n) is 5.10. The van der Waals surface area contributed by atoms with Crippen LogP contribution in [0.1, 0.15) is 34.5 Å². The number of hydrogen-bond donors (Lipinski definition) is 1. The van der Waals surface area contributed by atoms with Gasteiger partial charge in [0.1, 0.15) is 5.82 Å². The summed E-state index contributed by atoms with van der Waals surface area (Å²) in [6.07, 6.45) is 0. The maximum atomic E-state index is 14.2. The summed E-state index contributed by atoms with van der Waals surface area (Å²) in [6, 6.07) is 21.3. The van der Waals surface area contributed by atoms with Crippen molar-refractivity contribution in [1.29, 1.82) is 0 Å². The lowest BCUT2D eigenvalue weighted by atomic mass is 10.1. The first-order valence-electron chi connectivity index (χ1n) is 9.69. The number of thioether (sulfide) groups is 1. The summed E-state index contributed by atoms with van der Waals surface area (Å²) in [4.78, 5) is 27.9. The normalized spacial score (nSPS) is 14.2. The van der Waals surface area contributed by atoms with Gasteiger partial charge < -0.3 is 10.2 Å². The molecule has 1 aliphatic heterocycles. The SMILES string of the molecule is C[C@H](NC(=O)c1ccc2c(c1)N(Cc1ccccc1F)C(=O)CS2)c1ccccc1. The van der Waals surface area contributed by atoms with Crippen molar-refractivity contribution in [3.63, 3.8) is 0 Å². The van der Waals surface area contributed by atoms with Crippen LogP contribution in [0.25, 0.3) is 0 Å². The first kappa shape index (κ1) is 20.2. The predicted octanol–water partition coefficient (Wildman–Crippen LogP) is 4.96. The van der Waals surface area contributed by atoms with Crippen molar-refractivity contribution in [1.82, 2.24) is 5.32 Å². The van der Waals surface area contributed by atoms with E-state index in [9.17, 15) is 14.0 Å². The van der Waals surface area contributed by atoms with Crippen LogP contribution in [0.2, 0.25) is 0 Å². The zero-order valence-electron chi connectivity index (χ0n) is 16.5. The van der Waals surface area contributed by atoms with Crippen molar-refractivity contribution in [3.8, 4) is 0 Å². The van der Waals surface area contributed by atoms with Gasteiger partial charge in [0.2, 0.25) is 5.91 Å². The van der Waals surface area contributed by atoms with Gasteiger partial charge in [0, 0.05) is 16.0 Å². The van der Waals surface area contributed by atoms with E-state index in [0.29, 0.717) is 16.8 Å². The Labute approximate surface area is 179 Å². The fraction of sp³-hybridized carbons (Fsp3) is 0.167. The fourth-order valence-corrected chi connectivity index (χ4v) is 4.33. The highest BCUT2D eigenvalue weighted by Crippen LogP contribution is 2.37. The molecule has 0 saturated carbocycles. The second kappa shape index (κ2) is 8.71. The largest absolute Gasteiger partial charge is 0.346 e. The van der Waals surface area contributed by atoms with Gasteiger partial charge in [0.15, 0.2) is 0 Å². The third kappa shape index (κ3) is 4.24. The average molecular weight is 421 g/mol. The van der Waals surface area contributed by atoms with E-state index in [0.717, 1.165) is 10.5 Å². The molecule has 0 saturated heterocycles. The van der Waals surface area contributed by atoms with Crippen molar-refractivity contribution >= 4 is 29.3 Å². The summed E-state index contributed by atoms with van der Waals surface area (Å²) in [5.74, 6) is -0.387. The van der Waals surface area contributed by atoms with Crippen LogP contribution in [0.5, 0.6) is 0 Å². The van der Waals surface area contributed by atoms with Crippen LogP contribution in [0.4, 0.5) is 10.1 Å². The lowest BCUT2D eigenvalue weighted by Crippen LogP contribution is -2.35. The molecule has 1 heterocycles. The van der Waals surface area contributed by atoms with Crippen LogP contribution in [0.15, 0.2) is 77.7 Å². The van der Waals surface area contributed by atoms with E-state index in [2.05, 4.69) is 5.32 Å². The third-order valence-corrected chi connectivity index (χ3v) is 6.15. The van der Waals surface area contributed by atoms with Crippen LogP contribution < -0.4 is 10.2 Å². The quantitative estimate of drug-likeness (QED) is 0.635. The molecule has 30 heavy (non-hydrogen) atoms. The molecule has 1 N–H and O–H groups in total. The molecule has 0 spiro atoms. The summed E-state index contributed by atoms with van der Waals surface area (Å²) in [6.45, 7) is 2.06. The molecular weight excluding hydrogens is 399 g/mol. The number of halogens is 1. The minimum absolute atomic E-state index is 0.106. The Hall–Kier alpha value is -3.12. The van der Waals surface area contributed by atoms with E-state index in [1.165, 1.54) is 17.8 Å². The van der Waals surface area contributed by atoms with Crippen LogP contribution in [0.3, 0.4) is 0 Å². The second-order valence-electron chi connectivity index (χ2n) is 7.15. The standard InChI is InChI=1S/C24H21FN2O2S/c1-16(17-7-3-2-4-8-17)26-24(29)18-11-12-22-21(13-18)27(23(28)15-30-22)14-19-9-5-6-10-20(19)25/h2-13,16H,14-15H2,1H3,(H,26,29)/t16-/m0/s1. The molecule has 0 bridgehead atoms. The Morgan fingerprint density at radius 3 is 2.60 bits per heavy atom. The van der Waals surface area contributed by atoms with Crippen molar-refractivity contribution in [3.05, 3.63) is 95.3 Å². The average Bonchev–Trinajstić information content (AvgIpc) is 2.77. The summed E-state index contributed by atoms with van der Waals surface area (Å²) >= 11 is 1.43. The van der Waals surface area contributed by atoms with Crippen LogP contribution in [-0.4, -0.2) is 17.6 Å². The lowest BCUT2D eigenvalue weighted by molar-refractivity contribution is -0.116. The monoisotopic (exact) mass is 420 g/mol. The van der Waals surface area contributed by atoms with E-state index in [4.69, 9.17) is 0 Å². The molecule has 1 atom stereocenters.